The van der Waals surface area contributed by atoms with Crippen molar-refractivity contribution in [3.8, 4) is 16.4 Å². The molecule has 1 aromatic carbocycles. The topological polar surface area (TPSA) is 69.6 Å². The van der Waals surface area contributed by atoms with E-state index in [0.717, 1.165) is 10.6 Å². The van der Waals surface area contributed by atoms with Gasteiger partial charge in [-0.25, -0.2) is 9.37 Å². The normalized spacial score (nSPS) is 11.0. The summed E-state index contributed by atoms with van der Waals surface area (Å²) < 4.78 is 15.1. The summed E-state index contributed by atoms with van der Waals surface area (Å²) in [5, 5.41) is 8.92. The van der Waals surface area contributed by atoms with Crippen LogP contribution in [0.2, 0.25) is 0 Å². The van der Waals surface area contributed by atoms with E-state index in [9.17, 15) is 4.39 Å². The van der Waals surface area contributed by atoms with Gasteiger partial charge in [-0.3, -0.25) is 0 Å². The molecular formula is C14H14FN5S. The molecule has 21 heavy (non-hydrogen) atoms. The summed E-state index contributed by atoms with van der Waals surface area (Å²) in [6.45, 7) is 4.17. The number of hydrogen-bond donors (Lipinski definition) is 1. The smallest absolute Gasteiger partial charge is 0.212 e. The van der Waals surface area contributed by atoms with Crippen LogP contribution in [0.1, 0.15) is 16.3 Å². The maximum Gasteiger partial charge on any atom is 0.212 e. The highest BCUT2D eigenvalue weighted by Crippen LogP contribution is 2.28. The number of nitrogens with zero attached hydrogens (tertiary/aromatic N) is 4. The third-order valence-corrected chi connectivity index (χ3v) is 4.28. The van der Waals surface area contributed by atoms with E-state index in [0.29, 0.717) is 22.1 Å². The Morgan fingerprint density at radius 1 is 1.33 bits per heavy atom. The molecule has 0 fully saturated rings. The molecule has 0 radical (unpaired) electrons. The Morgan fingerprint density at radius 3 is 2.76 bits per heavy atom. The minimum absolute atomic E-state index is 0.231. The van der Waals surface area contributed by atoms with Crippen molar-refractivity contribution in [1.82, 2.24) is 20.0 Å². The van der Waals surface area contributed by atoms with Crippen LogP contribution in [0.3, 0.4) is 0 Å². The first kappa shape index (κ1) is 13.8. The molecule has 2 heterocycles. The van der Waals surface area contributed by atoms with Gasteiger partial charge in [0.1, 0.15) is 17.2 Å². The van der Waals surface area contributed by atoms with Gasteiger partial charge >= 0.3 is 0 Å². The van der Waals surface area contributed by atoms with Crippen molar-refractivity contribution in [2.45, 2.75) is 20.4 Å². The van der Waals surface area contributed by atoms with Gasteiger partial charge in [-0.15, -0.1) is 5.10 Å². The van der Waals surface area contributed by atoms with Crippen molar-refractivity contribution in [2.24, 2.45) is 5.73 Å². The molecule has 108 valence electrons. The Balaban J connectivity index is 2.21. The number of aromatic nitrogens is 4. The van der Waals surface area contributed by atoms with Gasteiger partial charge in [0.2, 0.25) is 5.13 Å². The van der Waals surface area contributed by atoms with Crippen LogP contribution in [0.25, 0.3) is 16.4 Å². The molecule has 2 N–H and O–H groups in total. The number of rotatable bonds is 3. The second-order valence-electron chi connectivity index (χ2n) is 4.65. The zero-order valence-corrected chi connectivity index (χ0v) is 12.5. The van der Waals surface area contributed by atoms with Crippen molar-refractivity contribution in [3.63, 3.8) is 0 Å². The van der Waals surface area contributed by atoms with E-state index in [-0.39, 0.29) is 12.4 Å². The van der Waals surface area contributed by atoms with Crippen molar-refractivity contribution in [3.05, 3.63) is 46.3 Å². The lowest BCUT2D eigenvalue weighted by Gasteiger charge is -2.05. The average Bonchev–Trinajstić information content (AvgIpc) is 3.03. The van der Waals surface area contributed by atoms with Crippen LogP contribution in [-0.4, -0.2) is 20.0 Å². The molecule has 0 aliphatic heterocycles. The van der Waals surface area contributed by atoms with Gasteiger partial charge in [-0.2, -0.15) is 4.68 Å². The molecule has 0 saturated heterocycles. The first-order chi connectivity index (χ1) is 10.1. The van der Waals surface area contributed by atoms with E-state index in [4.69, 9.17) is 5.73 Å². The molecule has 0 bridgehead atoms. The molecular weight excluding hydrogens is 289 g/mol. The second-order valence-corrected chi connectivity index (χ2v) is 5.83. The fourth-order valence-corrected chi connectivity index (χ4v) is 2.92. The molecule has 3 rings (SSSR count). The predicted octanol–water partition coefficient (Wildman–Crippen LogP) is 2.61. The number of thiazole rings is 1. The predicted molar refractivity (Wildman–Crippen MR) is 79.8 cm³/mol. The number of hydrogen-bond acceptors (Lipinski definition) is 5. The monoisotopic (exact) mass is 303 g/mol. The standard InChI is InChI=1S/C14H14FN5S/c1-8-9(2)21-14(17-8)20-13(12(7-16)18-19-20)10-4-3-5-11(15)6-10/h3-6H,7,16H2,1-2H3. The minimum Gasteiger partial charge on any atom is -0.325 e. The van der Waals surface area contributed by atoms with Gasteiger partial charge in [-0.1, -0.05) is 28.7 Å². The molecule has 3 aromatic rings. The lowest BCUT2D eigenvalue weighted by Crippen LogP contribution is -2.02. The van der Waals surface area contributed by atoms with E-state index in [1.807, 2.05) is 19.9 Å². The number of nitrogens with two attached hydrogens (primary N) is 1. The summed E-state index contributed by atoms with van der Waals surface area (Å²) in [5.41, 5.74) is 8.66. The summed E-state index contributed by atoms with van der Waals surface area (Å²) >= 11 is 1.52. The van der Waals surface area contributed by atoms with Gasteiger partial charge in [-0.05, 0) is 26.0 Å². The molecule has 0 spiro atoms. The first-order valence-electron chi connectivity index (χ1n) is 6.45. The van der Waals surface area contributed by atoms with Crippen LogP contribution in [0.5, 0.6) is 0 Å². The zero-order chi connectivity index (χ0) is 15.0. The SMILES string of the molecule is Cc1nc(-n2nnc(CN)c2-c2cccc(F)c2)sc1C. The van der Waals surface area contributed by atoms with Gasteiger partial charge in [0, 0.05) is 17.0 Å². The molecule has 0 aliphatic rings. The van der Waals surface area contributed by atoms with Crippen molar-refractivity contribution < 1.29 is 4.39 Å². The number of aryl methyl sites for hydroxylation is 2. The molecule has 0 saturated carbocycles. The summed E-state index contributed by atoms with van der Waals surface area (Å²) in [4.78, 5) is 5.59. The second kappa shape index (κ2) is 5.34. The molecule has 2 aromatic heterocycles. The molecule has 0 aliphatic carbocycles. The Morgan fingerprint density at radius 2 is 2.14 bits per heavy atom. The van der Waals surface area contributed by atoms with Gasteiger partial charge in [0.05, 0.1) is 5.69 Å². The van der Waals surface area contributed by atoms with Crippen LogP contribution in [-0.2, 0) is 6.54 Å². The van der Waals surface area contributed by atoms with Crippen molar-refractivity contribution in [2.75, 3.05) is 0 Å². The molecule has 0 atom stereocenters. The summed E-state index contributed by atoms with van der Waals surface area (Å²) in [7, 11) is 0. The Kier molecular flexibility index (Phi) is 3.52. The maximum absolute atomic E-state index is 13.5. The van der Waals surface area contributed by atoms with Crippen LogP contribution < -0.4 is 5.73 Å². The Bertz CT molecular complexity index is 773. The zero-order valence-electron chi connectivity index (χ0n) is 11.7. The maximum atomic E-state index is 13.5. The Hall–Kier alpha value is -2.12. The van der Waals surface area contributed by atoms with Crippen LogP contribution >= 0.6 is 11.3 Å². The third-order valence-electron chi connectivity index (χ3n) is 3.23. The Labute approximate surface area is 125 Å². The largest absolute Gasteiger partial charge is 0.325 e. The quantitative estimate of drug-likeness (QED) is 0.807. The van der Waals surface area contributed by atoms with E-state index in [2.05, 4.69) is 15.3 Å². The van der Waals surface area contributed by atoms with E-state index in [1.54, 1.807) is 10.7 Å². The summed E-state index contributed by atoms with van der Waals surface area (Å²) in [5.74, 6) is -0.310. The highest BCUT2D eigenvalue weighted by atomic mass is 32.1. The first-order valence-corrected chi connectivity index (χ1v) is 7.26. The number of halogens is 1. The van der Waals surface area contributed by atoms with Crippen LogP contribution in [0.4, 0.5) is 4.39 Å². The van der Waals surface area contributed by atoms with Gasteiger partial charge in [0.25, 0.3) is 0 Å². The van der Waals surface area contributed by atoms with Gasteiger partial charge < -0.3 is 5.73 Å². The molecule has 0 amide bonds. The highest BCUT2D eigenvalue weighted by molar-refractivity contribution is 7.14. The lowest BCUT2D eigenvalue weighted by atomic mass is 10.1. The molecule has 7 heteroatoms. The molecule has 5 nitrogen and oxygen atoms in total. The van der Waals surface area contributed by atoms with Gasteiger partial charge in [0.15, 0.2) is 0 Å². The third kappa shape index (κ3) is 2.45. The summed E-state index contributed by atoms with van der Waals surface area (Å²) in [6.07, 6.45) is 0. The lowest BCUT2D eigenvalue weighted by molar-refractivity contribution is 0.628. The van der Waals surface area contributed by atoms with Crippen LogP contribution in [0, 0.1) is 19.7 Å². The highest BCUT2D eigenvalue weighted by Gasteiger charge is 2.18. The molecule has 0 unspecified atom stereocenters. The fourth-order valence-electron chi connectivity index (χ4n) is 2.06. The fraction of sp³-hybridized carbons (Fsp3) is 0.214. The van der Waals surface area contributed by atoms with Crippen molar-refractivity contribution >= 4 is 11.3 Å². The van der Waals surface area contributed by atoms with E-state index >= 15 is 0 Å². The van der Waals surface area contributed by atoms with E-state index in [1.165, 1.54) is 23.5 Å². The summed E-state index contributed by atoms with van der Waals surface area (Å²) in [6, 6.07) is 6.31. The minimum atomic E-state index is -0.310. The average molecular weight is 303 g/mol. The number of benzene rings is 1. The van der Waals surface area contributed by atoms with E-state index < -0.39 is 0 Å². The van der Waals surface area contributed by atoms with Crippen LogP contribution in [0.15, 0.2) is 24.3 Å². The van der Waals surface area contributed by atoms with Crippen molar-refractivity contribution in [1.29, 1.82) is 0 Å².